The highest BCUT2D eigenvalue weighted by atomic mass is 32.2. The molecule has 1 aromatic heterocycles. The van der Waals surface area contributed by atoms with Crippen LogP contribution in [0.15, 0.2) is 35.7 Å². The van der Waals surface area contributed by atoms with E-state index < -0.39 is 0 Å². The minimum atomic E-state index is 0.339. The molecule has 0 aliphatic carbocycles. The second kappa shape index (κ2) is 6.56. The number of aryl methyl sites for hydroxylation is 1. The van der Waals surface area contributed by atoms with E-state index in [4.69, 9.17) is 0 Å². The maximum absolute atomic E-state index is 4.12. The van der Waals surface area contributed by atoms with Crippen LogP contribution in [0.1, 0.15) is 24.1 Å². The van der Waals surface area contributed by atoms with Crippen LogP contribution in [-0.4, -0.2) is 27.5 Å². The van der Waals surface area contributed by atoms with Gasteiger partial charge in [-0.2, -0.15) is 5.10 Å². The molecule has 0 amide bonds. The molecule has 0 bridgehead atoms. The summed E-state index contributed by atoms with van der Waals surface area (Å²) in [4.78, 5) is 4.12. The highest BCUT2D eigenvalue weighted by Gasteiger charge is 2.11. The minimum Gasteiger partial charge on any atom is -0.309 e. The first-order valence-electron chi connectivity index (χ1n) is 6.07. The molecule has 18 heavy (non-hydrogen) atoms. The van der Waals surface area contributed by atoms with Gasteiger partial charge in [0.25, 0.3) is 0 Å². The summed E-state index contributed by atoms with van der Waals surface area (Å²) in [5, 5.41) is 11.1. The van der Waals surface area contributed by atoms with Gasteiger partial charge >= 0.3 is 0 Å². The number of thioether (sulfide) groups is 1. The first-order valence-corrected chi connectivity index (χ1v) is 7.06. The Morgan fingerprint density at radius 3 is 2.72 bits per heavy atom. The van der Waals surface area contributed by atoms with Crippen LogP contribution in [0.25, 0.3) is 0 Å². The van der Waals surface area contributed by atoms with E-state index in [2.05, 4.69) is 58.6 Å². The van der Waals surface area contributed by atoms with Crippen LogP contribution in [-0.2, 0) is 0 Å². The fraction of sp³-hybridized carbons (Fsp3) is 0.385. The maximum Gasteiger partial charge on any atom is 0.183 e. The molecule has 0 aliphatic heterocycles. The summed E-state index contributed by atoms with van der Waals surface area (Å²) in [5.74, 6) is 0.937. The predicted octanol–water partition coefficient (Wildman–Crippen LogP) is 2.56. The molecule has 0 spiro atoms. The number of rotatable bonds is 6. The van der Waals surface area contributed by atoms with Gasteiger partial charge in [-0.3, -0.25) is 5.10 Å². The van der Waals surface area contributed by atoms with Crippen molar-refractivity contribution < 1.29 is 0 Å². The molecule has 5 heteroatoms. The van der Waals surface area contributed by atoms with Crippen molar-refractivity contribution in [2.75, 3.05) is 12.3 Å². The molecule has 2 rings (SSSR count). The Hall–Kier alpha value is -1.33. The van der Waals surface area contributed by atoms with Gasteiger partial charge in [-0.1, -0.05) is 48.5 Å². The van der Waals surface area contributed by atoms with E-state index in [9.17, 15) is 0 Å². The summed E-state index contributed by atoms with van der Waals surface area (Å²) in [6.07, 6.45) is 1.54. The normalized spacial score (nSPS) is 12.6. The largest absolute Gasteiger partial charge is 0.309 e. The summed E-state index contributed by atoms with van der Waals surface area (Å²) in [5.41, 5.74) is 2.60. The Morgan fingerprint density at radius 2 is 2.11 bits per heavy atom. The van der Waals surface area contributed by atoms with E-state index in [-0.39, 0.29) is 0 Å². The molecule has 1 atom stereocenters. The molecule has 1 aromatic carbocycles. The predicted molar refractivity (Wildman–Crippen MR) is 74.7 cm³/mol. The van der Waals surface area contributed by atoms with E-state index in [1.54, 1.807) is 11.8 Å². The molecule has 2 N–H and O–H groups in total. The average Bonchev–Trinajstić information content (AvgIpc) is 2.89. The van der Waals surface area contributed by atoms with Gasteiger partial charge in [0.15, 0.2) is 5.16 Å². The SMILES string of the molecule is CCNC(CSc1ncn[nH]1)c1ccc(C)cc1. The summed E-state index contributed by atoms with van der Waals surface area (Å²) >= 11 is 1.68. The zero-order valence-electron chi connectivity index (χ0n) is 10.7. The second-order valence-electron chi connectivity index (χ2n) is 4.12. The number of nitrogens with one attached hydrogen (secondary N) is 2. The number of nitrogens with zero attached hydrogens (tertiary/aromatic N) is 2. The van der Waals surface area contributed by atoms with Crippen LogP contribution in [0.3, 0.4) is 0 Å². The van der Waals surface area contributed by atoms with Crippen molar-refractivity contribution in [1.29, 1.82) is 0 Å². The third kappa shape index (κ3) is 3.58. The van der Waals surface area contributed by atoms with Crippen molar-refractivity contribution in [2.24, 2.45) is 0 Å². The van der Waals surface area contributed by atoms with Crippen LogP contribution < -0.4 is 5.32 Å². The Balaban J connectivity index is 2.01. The molecule has 0 radical (unpaired) electrons. The van der Waals surface area contributed by atoms with E-state index in [1.165, 1.54) is 17.5 Å². The lowest BCUT2D eigenvalue weighted by molar-refractivity contribution is 0.605. The Bertz CT molecular complexity index is 452. The zero-order valence-corrected chi connectivity index (χ0v) is 11.5. The van der Waals surface area contributed by atoms with Gasteiger partial charge in [0.05, 0.1) is 0 Å². The molecular formula is C13H18N4S. The molecule has 4 nitrogen and oxygen atoms in total. The van der Waals surface area contributed by atoms with E-state index in [1.807, 2.05) is 0 Å². The number of benzene rings is 1. The lowest BCUT2D eigenvalue weighted by atomic mass is 10.1. The fourth-order valence-corrected chi connectivity index (χ4v) is 2.62. The fourth-order valence-electron chi connectivity index (χ4n) is 1.74. The van der Waals surface area contributed by atoms with Crippen molar-refractivity contribution >= 4 is 11.8 Å². The number of hydrogen-bond acceptors (Lipinski definition) is 4. The lowest BCUT2D eigenvalue weighted by Gasteiger charge is -2.17. The Morgan fingerprint density at radius 1 is 1.33 bits per heavy atom. The molecule has 1 unspecified atom stereocenters. The van der Waals surface area contributed by atoms with Crippen molar-refractivity contribution in [3.63, 3.8) is 0 Å². The molecule has 0 aliphatic rings. The van der Waals surface area contributed by atoms with Gasteiger partial charge in [-0.05, 0) is 19.0 Å². The zero-order chi connectivity index (χ0) is 12.8. The monoisotopic (exact) mass is 262 g/mol. The maximum atomic E-state index is 4.12. The van der Waals surface area contributed by atoms with Crippen molar-refractivity contribution in [3.8, 4) is 0 Å². The number of aromatic nitrogens is 3. The molecule has 2 aromatic rings. The standard InChI is InChI=1S/C13H18N4S/c1-3-14-12(8-18-13-15-9-16-17-13)11-6-4-10(2)5-7-11/h4-7,9,12,14H,3,8H2,1-2H3,(H,15,16,17). The quantitative estimate of drug-likeness (QED) is 0.786. The first-order chi connectivity index (χ1) is 8.79. The van der Waals surface area contributed by atoms with Gasteiger partial charge in [0.1, 0.15) is 6.33 Å². The average molecular weight is 262 g/mol. The lowest BCUT2D eigenvalue weighted by Crippen LogP contribution is -2.23. The Kier molecular flexibility index (Phi) is 4.78. The molecular weight excluding hydrogens is 244 g/mol. The van der Waals surface area contributed by atoms with Crippen LogP contribution in [0.2, 0.25) is 0 Å². The smallest absolute Gasteiger partial charge is 0.183 e. The highest BCUT2D eigenvalue weighted by Crippen LogP contribution is 2.22. The second-order valence-corrected chi connectivity index (χ2v) is 5.13. The molecule has 0 saturated carbocycles. The number of aromatic amines is 1. The number of H-pyrrole nitrogens is 1. The summed E-state index contributed by atoms with van der Waals surface area (Å²) in [6, 6.07) is 9.01. The van der Waals surface area contributed by atoms with Gasteiger partial charge in [-0.25, -0.2) is 4.98 Å². The van der Waals surface area contributed by atoms with Crippen molar-refractivity contribution in [1.82, 2.24) is 20.5 Å². The van der Waals surface area contributed by atoms with Crippen LogP contribution in [0.4, 0.5) is 0 Å². The van der Waals surface area contributed by atoms with Crippen molar-refractivity contribution in [3.05, 3.63) is 41.7 Å². The van der Waals surface area contributed by atoms with Crippen molar-refractivity contribution in [2.45, 2.75) is 25.0 Å². The minimum absolute atomic E-state index is 0.339. The topological polar surface area (TPSA) is 53.6 Å². The van der Waals surface area contributed by atoms with Gasteiger partial charge in [-0.15, -0.1) is 0 Å². The molecule has 1 heterocycles. The molecule has 96 valence electrons. The third-order valence-electron chi connectivity index (χ3n) is 2.71. The summed E-state index contributed by atoms with van der Waals surface area (Å²) in [7, 11) is 0. The van der Waals surface area contributed by atoms with Crippen LogP contribution in [0, 0.1) is 6.92 Å². The third-order valence-corrected chi connectivity index (χ3v) is 3.68. The summed E-state index contributed by atoms with van der Waals surface area (Å²) < 4.78 is 0. The van der Waals surface area contributed by atoms with Gasteiger partial charge in [0.2, 0.25) is 0 Å². The number of hydrogen-bond donors (Lipinski definition) is 2. The van der Waals surface area contributed by atoms with Crippen LogP contribution >= 0.6 is 11.8 Å². The van der Waals surface area contributed by atoms with E-state index in [0.717, 1.165) is 17.5 Å². The highest BCUT2D eigenvalue weighted by molar-refractivity contribution is 7.99. The van der Waals surface area contributed by atoms with Gasteiger partial charge < -0.3 is 5.32 Å². The van der Waals surface area contributed by atoms with Crippen LogP contribution in [0.5, 0.6) is 0 Å². The molecule has 0 saturated heterocycles. The van der Waals surface area contributed by atoms with E-state index >= 15 is 0 Å². The Labute approximate surface area is 112 Å². The van der Waals surface area contributed by atoms with Gasteiger partial charge in [0, 0.05) is 11.8 Å². The van der Waals surface area contributed by atoms with E-state index in [0.29, 0.717) is 6.04 Å². The molecule has 0 fully saturated rings. The first kappa shape index (κ1) is 13.1. The summed E-state index contributed by atoms with van der Waals surface area (Å²) in [6.45, 7) is 5.19.